The molecule has 5 aromatic rings. The highest BCUT2D eigenvalue weighted by Crippen LogP contribution is 2.53. The van der Waals surface area contributed by atoms with Crippen LogP contribution in [0.5, 0.6) is 0 Å². The molecule has 2 nitrogen and oxygen atoms in total. The molecule has 1 aliphatic heterocycles. The molecule has 0 atom stereocenters. The van der Waals surface area contributed by atoms with Gasteiger partial charge in [0.25, 0.3) is 5.65 Å². The van der Waals surface area contributed by atoms with Crippen LogP contribution in [-0.2, 0) is 17.9 Å². The summed E-state index contributed by atoms with van der Waals surface area (Å²) in [6.45, 7) is -10.8. The fourth-order valence-electron chi connectivity index (χ4n) is 5.51. The Morgan fingerprint density at radius 3 is 2.22 bits per heavy atom. The summed E-state index contributed by atoms with van der Waals surface area (Å²) in [5, 5.41) is 1.96. The largest absolute Gasteiger partial charge is 0.295 e. The normalized spacial score (nSPS) is 23.6. The minimum Gasteiger partial charge on any atom is -0.225 e. The Bertz CT molecular complexity index is 1960. The number of hydrogen-bond acceptors (Lipinski definition) is 0. The molecule has 3 aromatic carbocycles. The number of imidazole rings is 1. The molecule has 0 bridgehead atoms. The van der Waals surface area contributed by atoms with E-state index in [4.69, 9.17) is 16.4 Å². The molecule has 0 aliphatic carbocycles. The van der Waals surface area contributed by atoms with Crippen molar-refractivity contribution in [3.63, 3.8) is 0 Å². The molecule has 0 spiro atoms. The van der Waals surface area contributed by atoms with Crippen LogP contribution >= 0.6 is 0 Å². The first-order chi connectivity index (χ1) is 20.2. The van der Waals surface area contributed by atoms with E-state index in [0.29, 0.717) is 32.9 Å². The molecule has 1 aliphatic rings. The summed E-state index contributed by atoms with van der Waals surface area (Å²) in [6.07, 6.45) is 0. The highest BCUT2D eigenvalue weighted by Gasteiger charge is 2.52. The van der Waals surface area contributed by atoms with Crippen LogP contribution in [-0.4, -0.2) is 4.40 Å². The number of aryl methyl sites for hydroxylation is 3. The zero-order valence-electron chi connectivity index (χ0n) is 30.2. The van der Waals surface area contributed by atoms with Gasteiger partial charge in [0.2, 0.25) is 0 Å². The minimum atomic E-state index is -3.65. The van der Waals surface area contributed by atoms with Gasteiger partial charge in [0.05, 0.1) is 12.4 Å². The number of hydrogen-bond donors (Lipinski definition) is 0. The highest BCUT2D eigenvalue weighted by atomic mass is 15.1. The van der Waals surface area contributed by atoms with Crippen LogP contribution in [0.25, 0.3) is 38.6 Å². The molecule has 0 N–H and O–H groups in total. The van der Waals surface area contributed by atoms with Crippen molar-refractivity contribution >= 4 is 27.3 Å². The van der Waals surface area contributed by atoms with Gasteiger partial charge in [0.15, 0.2) is 11.4 Å². The summed E-state index contributed by atoms with van der Waals surface area (Å²) in [6, 6.07) is 17.0. The second-order valence-corrected chi connectivity index (χ2v) is 8.93. The summed E-state index contributed by atoms with van der Waals surface area (Å²) in [5.74, 6) is 0. The maximum Gasteiger partial charge on any atom is 0.295 e. The molecule has 2 heteroatoms. The third-order valence-corrected chi connectivity index (χ3v) is 7.06. The lowest BCUT2D eigenvalue weighted by atomic mass is 9.60. The van der Waals surface area contributed by atoms with Gasteiger partial charge in [-0.25, -0.2) is 4.57 Å². The van der Waals surface area contributed by atoms with Crippen molar-refractivity contribution in [3.8, 4) is 11.3 Å². The van der Waals surface area contributed by atoms with E-state index in [1.54, 1.807) is 52.4 Å². The predicted molar refractivity (Wildman–Crippen MR) is 135 cm³/mol. The highest BCUT2D eigenvalue weighted by molar-refractivity contribution is 6.15. The molecule has 0 saturated heterocycles. The molecule has 2 aromatic heterocycles. The molecule has 0 fully saturated rings. The Balaban J connectivity index is 2.18. The molecular formula is C30H31N2+. The van der Waals surface area contributed by atoms with Crippen LogP contribution in [0.15, 0.2) is 60.7 Å². The van der Waals surface area contributed by atoms with Crippen LogP contribution < -0.4 is 4.57 Å². The van der Waals surface area contributed by atoms with Gasteiger partial charge >= 0.3 is 0 Å². The van der Waals surface area contributed by atoms with Gasteiger partial charge in [-0.1, -0.05) is 88.1 Å². The van der Waals surface area contributed by atoms with E-state index in [9.17, 15) is 0 Å². The smallest absolute Gasteiger partial charge is 0.225 e. The Labute approximate surface area is 207 Å². The first kappa shape index (κ1) is 10.7. The van der Waals surface area contributed by atoms with Crippen molar-refractivity contribution in [2.45, 2.75) is 52.1 Å². The van der Waals surface area contributed by atoms with Crippen molar-refractivity contribution in [3.05, 3.63) is 83.0 Å². The van der Waals surface area contributed by atoms with Crippen LogP contribution in [0, 0.1) is 13.8 Å². The van der Waals surface area contributed by atoms with Crippen molar-refractivity contribution in [2.24, 2.45) is 7.05 Å². The SMILES string of the molecule is [2H]C([2H])([2H])C1(C([2H])([2H])[2H])c2ccc(C)c3c4cccc(C)c4c4n(c(c(-c5ccccc5)[n+]4C)C1(C([2H])([2H])[2H])C([2H])([2H])[2H])c23. The maximum absolute atomic E-state index is 9.01. The third-order valence-electron chi connectivity index (χ3n) is 7.06. The zero-order chi connectivity index (χ0) is 32.6. The second-order valence-electron chi connectivity index (χ2n) is 8.93. The number of rotatable bonds is 1. The minimum absolute atomic E-state index is 0.125. The number of nitrogens with zero attached hydrogens (tertiary/aromatic N) is 2. The van der Waals surface area contributed by atoms with Gasteiger partial charge in [0.1, 0.15) is 5.52 Å². The van der Waals surface area contributed by atoms with Crippen molar-refractivity contribution in [2.75, 3.05) is 0 Å². The predicted octanol–water partition coefficient (Wildman–Crippen LogP) is 6.92. The maximum atomic E-state index is 9.01. The lowest BCUT2D eigenvalue weighted by Crippen LogP contribution is -2.44. The van der Waals surface area contributed by atoms with Gasteiger partial charge in [-0.3, -0.25) is 0 Å². The van der Waals surface area contributed by atoms with Crippen LogP contribution in [0.1, 0.15) is 66.2 Å². The fraction of sp³-hybridized carbons (Fsp3) is 0.300. The summed E-state index contributed by atoms with van der Waals surface area (Å²) in [5.41, 5.74) is -4.84. The number of fused-ring (bicyclic) bond motifs is 3. The van der Waals surface area contributed by atoms with Gasteiger partial charge in [-0.15, -0.1) is 0 Å². The summed E-state index contributed by atoms with van der Waals surface area (Å²) in [4.78, 5) is 0. The van der Waals surface area contributed by atoms with E-state index >= 15 is 0 Å². The molecule has 0 radical (unpaired) electrons. The summed E-state index contributed by atoms with van der Waals surface area (Å²) < 4.78 is 111. The van der Waals surface area contributed by atoms with E-state index in [0.717, 1.165) is 5.56 Å². The first-order valence-corrected chi connectivity index (χ1v) is 10.6. The van der Waals surface area contributed by atoms with Crippen LogP contribution in [0.2, 0.25) is 0 Å². The van der Waals surface area contributed by atoms with E-state index < -0.39 is 38.2 Å². The second kappa shape index (κ2) is 6.01. The molecule has 3 heterocycles. The number of benzene rings is 3. The lowest BCUT2D eigenvalue weighted by Gasteiger charge is -2.43. The number of aromatic nitrogens is 2. The quantitative estimate of drug-likeness (QED) is 0.201. The van der Waals surface area contributed by atoms with E-state index in [-0.39, 0.29) is 22.5 Å². The summed E-state index contributed by atoms with van der Waals surface area (Å²) >= 11 is 0. The van der Waals surface area contributed by atoms with Gasteiger partial charge < -0.3 is 0 Å². The van der Waals surface area contributed by atoms with Gasteiger partial charge in [0, 0.05) is 49.2 Å². The monoisotopic (exact) mass is 431 g/mol. The standard InChI is InChI=1S/C30H31N2/c1-18-12-11-15-21-23-19(2)16-17-22-26(23)32-27(30(5,6)29(22,3)4)25(20-13-9-8-10-14-20)31(7)28(32)24(18)21/h8-17H,1-7H3/q+1/i3D3,4D3,5D3,6D3. The fourth-order valence-corrected chi connectivity index (χ4v) is 5.51. The molecule has 0 unspecified atom stereocenters. The zero-order valence-corrected chi connectivity index (χ0v) is 18.2. The molecular weight excluding hydrogens is 388 g/mol. The first-order valence-electron chi connectivity index (χ1n) is 16.6. The molecule has 0 saturated carbocycles. The van der Waals surface area contributed by atoms with Crippen molar-refractivity contribution < 1.29 is 21.0 Å². The average molecular weight is 432 g/mol. The summed E-state index contributed by atoms with van der Waals surface area (Å²) in [7, 11) is 1.68. The molecule has 32 heavy (non-hydrogen) atoms. The Hall–Kier alpha value is -3.13. The van der Waals surface area contributed by atoms with Crippen molar-refractivity contribution in [1.29, 1.82) is 0 Å². The third kappa shape index (κ3) is 2.09. The van der Waals surface area contributed by atoms with Crippen LogP contribution in [0.4, 0.5) is 0 Å². The van der Waals surface area contributed by atoms with E-state index in [2.05, 4.69) is 0 Å². The van der Waals surface area contributed by atoms with Gasteiger partial charge in [-0.05, 0) is 25.0 Å². The Morgan fingerprint density at radius 1 is 0.781 bits per heavy atom. The van der Waals surface area contributed by atoms with Crippen molar-refractivity contribution in [1.82, 2.24) is 4.40 Å². The van der Waals surface area contributed by atoms with E-state index in [1.807, 2.05) is 32.0 Å². The molecule has 160 valence electrons. The lowest BCUT2D eigenvalue weighted by molar-refractivity contribution is -0.632. The molecule has 0 amide bonds. The van der Waals surface area contributed by atoms with Gasteiger partial charge in [-0.2, -0.15) is 4.40 Å². The van der Waals surface area contributed by atoms with E-state index in [1.165, 1.54) is 6.07 Å². The Morgan fingerprint density at radius 2 is 1.50 bits per heavy atom. The topological polar surface area (TPSA) is 8.29 Å². The molecule has 6 rings (SSSR count). The number of pyridine rings is 1. The van der Waals surface area contributed by atoms with Crippen LogP contribution in [0.3, 0.4) is 0 Å². The Kier molecular flexibility index (Phi) is 2.00. The average Bonchev–Trinajstić information content (AvgIpc) is 3.18.